The van der Waals surface area contributed by atoms with Crippen LogP contribution in [-0.4, -0.2) is 23.8 Å². The normalized spacial score (nSPS) is 11.7. The molecule has 0 aromatic carbocycles. The molecular formula is C12H20N2O2. The molecule has 2 N–H and O–H groups in total. The molecule has 0 aliphatic heterocycles. The first-order chi connectivity index (χ1) is 7.49. The van der Waals surface area contributed by atoms with E-state index in [0.29, 0.717) is 25.6 Å². The first kappa shape index (κ1) is 12.9. The number of nitrogens with two attached hydrogens (primary N) is 1. The minimum absolute atomic E-state index is 0.114. The lowest BCUT2D eigenvalue weighted by molar-refractivity contribution is -0.0376. The summed E-state index contributed by atoms with van der Waals surface area (Å²) in [7, 11) is 0. The van der Waals surface area contributed by atoms with Crippen LogP contribution in [0.2, 0.25) is 0 Å². The van der Waals surface area contributed by atoms with Crippen molar-refractivity contribution in [2.75, 3.05) is 18.9 Å². The number of nitrogen functional groups attached to an aromatic ring is 1. The van der Waals surface area contributed by atoms with Gasteiger partial charge in [0.05, 0.1) is 25.4 Å². The first-order valence-electron chi connectivity index (χ1n) is 5.40. The molecule has 0 bridgehead atoms. The molecule has 0 fully saturated rings. The van der Waals surface area contributed by atoms with Gasteiger partial charge in [-0.3, -0.25) is 0 Å². The van der Waals surface area contributed by atoms with Crippen molar-refractivity contribution >= 4 is 5.82 Å². The monoisotopic (exact) mass is 224 g/mol. The molecule has 4 nitrogen and oxygen atoms in total. The van der Waals surface area contributed by atoms with Gasteiger partial charge >= 0.3 is 0 Å². The van der Waals surface area contributed by atoms with E-state index in [1.807, 2.05) is 32.9 Å². The van der Waals surface area contributed by atoms with Crippen molar-refractivity contribution in [3.05, 3.63) is 23.9 Å². The zero-order chi connectivity index (χ0) is 12.0. The molecule has 1 heterocycles. The largest absolute Gasteiger partial charge is 0.383 e. The Labute approximate surface area is 96.8 Å². The summed E-state index contributed by atoms with van der Waals surface area (Å²) in [4.78, 5) is 3.98. The van der Waals surface area contributed by atoms with E-state index in [-0.39, 0.29) is 5.60 Å². The van der Waals surface area contributed by atoms with Crippen LogP contribution in [-0.2, 0) is 16.1 Å². The lowest BCUT2D eigenvalue weighted by Gasteiger charge is -2.19. The van der Waals surface area contributed by atoms with Crippen LogP contribution in [0.3, 0.4) is 0 Å². The number of aromatic nitrogens is 1. The minimum Gasteiger partial charge on any atom is -0.383 e. The molecule has 0 amide bonds. The number of hydrogen-bond acceptors (Lipinski definition) is 4. The third kappa shape index (κ3) is 5.09. The number of anilines is 1. The highest BCUT2D eigenvalue weighted by molar-refractivity contribution is 5.37. The third-order valence-electron chi connectivity index (χ3n) is 1.95. The van der Waals surface area contributed by atoms with E-state index in [1.54, 1.807) is 6.20 Å². The Kier molecular flexibility index (Phi) is 4.71. The van der Waals surface area contributed by atoms with Crippen molar-refractivity contribution in [1.82, 2.24) is 4.98 Å². The summed E-state index contributed by atoms with van der Waals surface area (Å²) < 4.78 is 11.0. The Bertz CT molecular complexity index is 321. The molecule has 0 aliphatic carbocycles. The molecule has 0 atom stereocenters. The van der Waals surface area contributed by atoms with Gasteiger partial charge in [0.25, 0.3) is 0 Å². The molecule has 0 saturated carbocycles. The number of nitrogens with zero attached hydrogens (tertiary/aromatic N) is 1. The van der Waals surface area contributed by atoms with E-state index in [4.69, 9.17) is 15.2 Å². The van der Waals surface area contributed by atoms with Gasteiger partial charge in [-0.15, -0.1) is 0 Å². The average molecular weight is 224 g/mol. The average Bonchev–Trinajstić information content (AvgIpc) is 2.18. The van der Waals surface area contributed by atoms with Gasteiger partial charge in [-0.25, -0.2) is 4.98 Å². The van der Waals surface area contributed by atoms with Gasteiger partial charge in [0, 0.05) is 11.8 Å². The highest BCUT2D eigenvalue weighted by Gasteiger charge is 2.09. The van der Waals surface area contributed by atoms with Crippen LogP contribution in [0.1, 0.15) is 26.3 Å². The Hall–Kier alpha value is -1.13. The van der Waals surface area contributed by atoms with Crippen LogP contribution < -0.4 is 5.73 Å². The maximum atomic E-state index is 5.68. The fourth-order valence-electron chi connectivity index (χ4n) is 1.16. The molecule has 0 unspecified atom stereocenters. The van der Waals surface area contributed by atoms with Crippen LogP contribution >= 0.6 is 0 Å². The lowest BCUT2D eigenvalue weighted by atomic mass is 10.2. The molecule has 4 heteroatoms. The van der Waals surface area contributed by atoms with Crippen LogP contribution in [0.15, 0.2) is 18.3 Å². The van der Waals surface area contributed by atoms with Crippen molar-refractivity contribution in [1.29, 1.82) is 0 Å². The Balaban J connectivity index is 2.19. The predicted molar refractivity (Wildman–Crippen MR) is 64.0 cm³/mol. The van der Waals surface area contributed by atoms with E-state index in [0.717, 1.165) is 5.56 Å². The van der Waals surface area contributed by atoms with Gasteiger partial charge < -0.3 is 15.2 Å². The number of rotatable bonds is 5. The second-order valence-electron chi connectivity index (χ2n) is 4.56. The van der Waals surface area contributed by atoms with Crippen LogP contribution in [0.4, 0.5) is 5.82 Å². The Morgan fingerprint density at radius 1 is 1.31 bits per heavy atom. The third-order valence-corrected chi connectivity index (χ3v) is 1.95. The second-order valence-corrected chi connectivity index (χ2v) is 4.56. The van der Waals surface area contributed by atoms with Gasteiger partial charge in [-0.1, -0.05) is 6.07 Å². The van der Waals surface area contributed by atoms with Crippen molar-refractivity contribution < 1.29 is 9.47 Å². The van der Waals surface area contributed by atoms with Gasteiger partial charge in [0.15, 0.2) is 0 Å². The van der Waals surface area contributed by atoms with Gasteiger partial charge in [0.1, 0.15) is 5.82 Å². The highest BCUT2D eigenvalue weighted by Crippen LogP contribution is 2.09. The molecule has 16 heavy (non-hydrogen) atoms. The minimum atomic E-state index is -0.114. The van der Waals surface area contributed by atoms with Gasteiger partial charge in [0.2, 0.25) is 0 Å². The van der Waals surface area contributed by atoms with E-state index >= 15 is 0 Å². The molecule has 0 aliphatic rings. The standard InChI is InChI=1S/C12H20N2O2/c1-12(2,3)16-8-7-15-9-10-5-4-6-14-11(10)13/h4-6H,7-9H2,1-3H3,(H2,13,14). The second kappa shape index (κ2) is 5.82. The highest BCUT2D eigenvalue weighted by atomic mass is 16.5. The number of ether oxygens (including phenoxy) is 2. The fraction of sp³-hybridized carbons (Fsp3) is 0.583. The fourth-order valence-corrected chi connectivity index (χ4v) is 1.16. The molecule has 1 aromatic rings. The van der Waals surface area contributed by atoms with Crippen molar-refractivity contribution in [3.8, 4) is 0 Å². The van der Waals surface area contributed by atoms with E-state index in [9.17, 15) is 0 Å². The zero-order valence-corrected chi connectivity index (χ0v) is 10.2. The van der Waals surface area contributed by atoms with E-state index in [2.05, 4.69) is 4.98 Å². The summed E-state index contributed by atoms with van der Waals surface area (Å²) in [5, 5.41) is 0. The number of hydrogen-bond donors (Lipinski definition) is 1. The van der Waals surface area contributed by atoms with Crippen LogP contribution in [0.5, 0.6) is 0 Å². The SMILES string of the molecule is CC(C)(C)OCCOCc1cccnc1N. The number of pyridine rings is 1. The summed E-state index contributed by atoms with van der Waals surface area (Å²) in [5.41, 5.74) is 6.48. The molecule has 0 saturated heterocycles. The molecular weight excluding hydrogens is 204 g/mol. The van der Waals surface area contributed by atoms with E-state index < -0.39 is 0 Å². The Morgan fingerprint density at radius 3 is 2.69 bits per heavy atom. The molecule has 0 spiro atoms. The summed E-state index contributed by atoms with van der Waals surface area (Å²) in [6.45, 7) is 7.69. The van der Waals surface area contributed by atoms with Crippen molar-refractivity contribution in [2.24, 2.45) is 0 Å². The van der Waals surface area contributed by atoms with Crippen molar-refractivity contribution in [2.45, 2.75) is 33.0 Å². The maximum absolute atomic E-state index is 5.68. The maximum Gasteiger partial charge on any atom is 0.128 e. The summed E-state index contributed by atoms with van der Waals surface area (Å²) >= 11 is 0. The molecule has 0 radical (unpaired) electrons. The zero-order valence-electron chi connectivity index (χ0n) is 10.2. The summed E-state index contributed by atoms with van der Waals surface area (Å²) in [5.74, 6) is 0.527. The quantitative estimate of drug-likeness (QED) is 0.777. The molecule has 90 valence electrons. The topological polar surface area (TPSA) is 57.4 Å². The van der Waals surface area contributed by atoms with E-state index in [1.165, 1.54) is 0 Å². The van der Waals surface area contributed by atoms with Crippen molar-refractivity contribution in [3.63, 3.8) is 0 Å². The van der Waals surface area contributed by atoms with Gasteiger partial charge in [-0.05, 0) is 26.8 Å². The molecule has 1 aromatic heterocycles. The lowest BCUT2D eigenvalue weighted by Crippen LogP contribution is -2.21. The van der Waals surface area contributed by atoms with Crippen LogP contribution in [0.25, 0.3) is 0 Å². The Morgan fingerprint density at radius 2 is 2.06 bits per heavy atom. The van der Waals surface area contributed by atoms with Crippen LogP contribution in [0, 0.1) is 0 Å². The van der Waals surface area contributed by atoms with Gasteiger partial charge in [-0.2, -0.15) is 0 Å². The first-order valence-corrected chi connectivity index (χ1v) is 5.40. The smallest absolute Gasteiger partial charge is 0.128 e. The summed E-state index contributed by atoms with van der Waals surface area (Å²) in [6.07, 6.45) is 1.67. The molecule has 1 rings (SSSR count). The summed E-state index contributed by atoms with van der Waals surface area (Å²) in [6, 6.07) is 3.76. The predicted octanol–water partition coefficient (Wildman–Crippen LogP) is 2.00.